The Morgan fingerprint density at radius 1 is 1.62 bits per heavy atom. The van der Waals surface area contributed by atoms with Gasteiger partial charge in [-0.05, 0) is 12.8 Å². The van der Waals surface area contributed by atoms with Crippen LogP contribution >= 0.6 is 22.9 Å². The predicted octanol–water partition coefficient (Wildman–Crippen LogP) is 1.23. The lowest BCUT2D eigenvalue weighted by Gasteiger charge is -2.28. The van der Waals surface area contributed by atoms with Crippen molar-refractivity contribution in [2.45, 2.75) is 18.9 Å². The topological polar surface area (TPSA) is 35.8 Å². The SMILES string of the molecule is N#CC1CC(NI)C1. The number of nitriles is 1. The highest BCUT2D eigenvalue weighted by Crippen LogP contribution is 2.26. The molecule has 8 heavy (non-hydrogen) atoms. The Labute approximate surface area is 62.8 Å². The van der Waals surface area contributed by atoms with E-state index in [2.05, 4.69) is 32.5 Å². The van der Waals surface area contributed by atoms with Crippen LogP contribution in [0.5, 0.6) is 0 Å². The van der Waals surface area contributed by atoms with Crippen LogP contribution in [0.2, 0.25) is 0 Å². The van der Waals surface area contributed by atoms with E-state index in [1.54, 1.807) is 0 Å². The molecule has 0 radical (unpaired) electrons. The van der Waals surface area contributed by atoms with Crippen molar-refractivity contribution in [3.8, 4) is 6.07 Å². The molecule has 1 fully saturated rings. The number of rotatable bonds is 1. The maximum absolute atomic E-state index is 8.32. The van der Waals surface area contributed by atoms with Crippen molar-refractivity contribution in [3.05, 3.63) is 0 Å². The Bertz CT molecular complexity index is 112. The smallest absolute Gasteiger partial charge is 0.0657 e. The minimum atomic E-state index is 0.335. The number of nitrogens with one attached hydrogen (secondary N) is 1. The van der Waals surface area contributed by atoms with Gasteiger partial charge >= 0.3 is 0 Å². The first-order valence-electron chi connectivity index (χ1n) is 2.62. The lowest BCUT2D eigenvalue weighted by atomic mass is 9.82. The van der Waals surface area contributed by atoms with Crippen LogP contribution in [0, 0.1) is 17.2 Å². The summed E-state index contributed by atoms with van der Waals surface area (Å²) in [6, 6.07) is 2.83. The number of hydrogen-bond donors (Lipinski definition) is 1. The Morgan fingerprint density at radius 2 is 2.25 bits per heavy atom. The van der Waals surface area contributed by atoms with Crippen molar-refractivity contribution in [1.29, 1.82) is 5.26 Å². The third-order valence-electron chi connectivity index (χ3n) is 1.47. The van der Waals surface area contributed by atoms with Gasteiger partial charge < -0.3 is 0 Å². The molecule has 0 spiro atoms. The van der Waals surface area contributed by atoms with Gasteiger partial charge in [-0.1, -0.05) is 0 Å². The maximum Gasteiger partial charge on any atom is 0.0657 e. The quantitative estimate of drug-likeness (QED) is 0.535. The fraction of sp³-hybridized carbons (Fsp3) is 0.800. The lowest BCUT2D eigenvalue weighted by molar-refractivity contribution is 0.321. The first-order valence-corrected chi connectivity index (χ1v) is 3.70. The Kier molecular flexibility index (Phi) is 2.08. The van der Waals surface area contributed by atoms with Crippen LogP contribution in [0.3, 0.4) is 0 Å². The molecule has 44 valence electrons. The Morgan fingerprint density at radius 3 is 2.62 bits per heavy atom. The van der Waals surface area contributed by atoms with Crippen molar-refractivity contribution in [3.63, 3.8) is 0 Å². The van der Waals surface area contributed by atoms with Crippen molar-refractivity contribution < 1.29 is 0 Å². The van der Waals surface area contributed by atoms with Crippen molar-refractivity contribution in [2.75, 3.05) is 0 Å². The molecule has 1 rings (SSSR count). The van der Waals surface area contributed by atoms with E-state index in [9.17, 15) is 0 Å². The summed E-state index contributed by atoms with van der Waals surface area (Å²) < 4.78 is 3.08. The zero-order valence-electron chi connectivity index (χ0n) is 4.39. The zero-order chi connectivity index (χ0) is 5.98. The average molecular weight is 222 g/mol. The highest BCUT2D eigenvalue weighted by Gasteiger charge is 2.27. The number of halogens is 1. The fourth-order valence-electron chi connectivity index (χ4n) is 0.812. The summed E-state index contributed by atoms with van der Waals surface area (Å²) in [5.41, 5.74) is 0. The average Bonchev–Trinajstić information content (AvgIpc) is 1.65. The van der Waals surface area contributed by atoms with Crippen LogP contribution in [-0.4, -0.2) is 6.04 Å². The molecule has 2 nitrogen and oxygen atoms in total. The van der Waals surface area contributed by atoms with Crippen LogP contribution in [0.25, 0.3) is 0 Å². The van der Waals surface area contributed by atoms with E-state index < -0.39 is 0 Å². The minimum absolute atomic E-state index is 0.335. The monoisotopic (exact) mass is 222 g/mol. The molecule has 1 aliphatic carbocycles. The molecule has 0 aromatic carbocycles. The molecule has 0 aromatic rings. The van der Waals surface area contributed by atoms with E-state index in [0.717, 1.165) is 12.8 Å². The number of hydrogen-bond acceptors (Lipinski definition) is 2. The molecule has 1 aliphatic rings. The van der Waals surface area contributed by atoms with Gasteiger partial charge in [-0.15, -0.1) is 0 Å². The molecule has 0 saturated heterocycles. The summed E-state index contributed by atoms with van der Waals surface area (Å²) in [6.45, 7) is 0. The lowest BCUT2D eigenvalue weighted by Crippen LogP contribution is -2.35. The zero-order valence-corrected chi connectivity index (χ0v) is 6.55. The van der Waals surface area contributed by atoms with Crippen LogP contribution in [0.1, 0.15) is 12.8 Å². The van der Waals surface area contributed by atoms with Gasteiger partial charge in [-0.2, -0.15) is 5.26 Å². The fourth-order valence-corrected chi connectivity index (χ4v) is 1.32. The molecule has 3 heteroatoms. The molecule has 1 N–H and O–H groups in total. The molecule has 0 aliphatic heterocycles. The molecule has 1 saturated carbocycles. The third-order valence-corrected chi connectivity index (χ3v) is 2.36. The molecular formula is C5H7IN2. The van der Waals surface area contributed by atoms with Crippen molar-refractivity contribution in [2.24, 2.45) is 5.92 Å². The molecular weight excluding hydrogens is 215 g/mol. The highest BCUT2D eigenvalue weighted by molar-refractivity contribution is 14.1. The number of nitrogens with zero attached hydrogens (tertiary/aromatic N) is 1. The summed E-state index contributed by atoms with van der Waals surface area (Å²) in [5.74, 6) is 0.335. The third kappa shape index (κ3) is 1.12. The second-order valence-electron chi connectivity index (χ2n) is 2.10. The van der Waals surface area contributed by atoms with E-state index in [-0.39, 0.29) is 0 Å². The normalized spacial score (nSPS) is 35.5. The van der Waals surface area contributed by atoms with E-state index in [1.807, 2.05) is 0 Å². The van der Waals surface area contributed by atoms with Gasteiger partial charge in [0.25, 0.3) is 0 Å². The van der Waals surface area contributed by atoms with Gasteiger partial charge in [-0.3, -0.25) is 3.53 Å². The second-order valence-corrected chi connectivity index (χ2v) is 2.73. The van der Waals surface area contributed by atoms with Crippen molar-refractivity contribution in [1.82, 2.24) is 3.53 Å². The molecule has 0 aromatic heterocycles. The van der Waals surface area contributed by atoms with Crippen LogP contribution in [0.15, 0.2) is 0 Å². The summed E-state index contributed by atoms with van der Waals surface area (Å²) in [5, 5.41) is 8.32. The largest absolute Gasteiger partial charge is 0.258 e. The van der Waals surface area contributed by atoms with Gasteiger partial charge in [0.1, 0.15) is 0 Å². The van der Waals surface area contributed by atoms with E-state index in [1.165, 1.54) is 0 Å². The predicted molar refractivity (Wildman–Crippen MR) is 39.3 cm³/mol. The van der Waals surface area contributed by atoms with E-state index >= 15 is 0 Å². The maximum atomic E-state index is 8.32. The Hall–Kier alpha value is 0.180. The van der Waals surface area contributed by atoms with Gasteiger partial charge in [0.2, 0.25) is 0 Å². The molecule has 0 atom stereocenters. The van der Waals surface area contributed by atoms with Gasteiger partial charge in [-0.25, -0.2) is 0 Å². The molecule has 0 heterocycles. The Balaban J connectivity index is 2.14. The highest BCUT2D eigenvalue weighted by atomic mass is 127. The standard InChI is InChI=1S/C5H7IN2/c6-8-5-1-4(2-5)3-7/h4-5,8H,1-2H2. The van der Waals surface area contributed by atoms with E-state index in [0.29, 0.717) is 12.0 Å². The molecule has 0 bridgehead atoms. The molecule has 0 amide bonds. The minimum Gasteiger partial charge on any atom is -0.258 e. The first kappa shape index (κ1) is 6.30. The molecule has 0 unspecified atom stereocenters. The summed E-state index contributed by atoms with van der Waals surface area (Å²) in [4.78, 5) is 0. The van der Waals surface area contributed by atoms with Gasteiger partial charge in [0.05, 0.1) is 6.07 Å². The van der Waals surface area contributed by atoms with Gasteiger partial charge in [0, 0.05) is 34.8 Å². The summed E-state index contributed by atoms with van der Waals surface area (Å²) >= 11 is 2.13. The summed E-state index contributed by atoms with van der Waals surface area (Å²) in [7, 11) is 0. The van der Waals surface area contributed by atoms with Gasteiger partial charge in [0.15, 0.2) is 0 Å². The second kappa shape index (κ2) is 2.65. The van der Waals surface area contributed by atoms with E-state index in [4.69, 9.17) is 5.26 Å². The summed E-state index contributed by atoms with van der Waals surface area (Å²) in [6.07, 6.45) is 2.08. The van der Waals surface area contributed by atoms with Crippen LogP contribution in [-0.2, 0) is 0 Å². The van der Waals surface area contributed by atoms with Crippen LogP contribution in [0.4, 0.5) is 0 Å². The van der Waals surface area contributed by atoms with Crippen molar-refractivity contribution >= 4 is 22.9 Å². The first-order chi connectivity index (χ1) is 3.86. The van der Waals surface area contributed by atoms with Crippen LogP contribution < -0.4 is 3.53 Å².